The molecule has 1 atom stereocenters. The highest BCUT2D eigenvalue weighted by Gasteiger charge is 2.18. The molecule has 0 spiro atoms. The third kappa shape index (κ3) is 4.98. The van der Waals surface area contributed by atoms with E-state index in [2.05, 4.69) is 73.0 Å². The van der Waals surface area contributed by atoms with Crippen molar-refractivity contribution < 1.29 is 9.84 Å². The third-order valence-corrected chi connectivity index (χ3v) is 4.96. The zero-order chi connectivity index (χ0) is 21.0. The van der Waals surface area contributed by atoms with Gasteiger partial charge in [0.05, 0.1) is 13.3 Å². The first-order valence-electron chi connectivity index (χ1n) is 9.53. The van der Waals surface area contributed by atoms with E-state index in [1.54, 1.807) is 29.1 Å². The normalized spacial score (nSPS) is 12.6. The Bertz CT molecular complexity index is 997. The van der Waals surface area contributed by atoms with E-state index >= 15 is 0 Å². The quantitative estimate of drug-likeness (QED) is 0.444. The molecule has 3 aromatic rings. The van der Waals surface area contributed by atoms with Gasteiger partial charge in [-0.15, -0.1) is 22.8 Å². The summed E-state index contributed by atoms with van der Waals surface area (Å²) in [6.45, 7) is 6.51. The van der Waals surface area contributed by atoms with Gasteiger partial charge in [0.25, 0.3) is 0 Å². The smallest absolute Gasteiger partial charge is 0.208 e. The fourth-order valence-electron chi connectivity index (χ4n) is 3.13. The number of nitrogens with zero attached hydrogens (tertiary/aromatic N) is 4. The number of hydrogen-bond acceptors (Lipinski definition) is 6. The van der Waals surface area contributed by atoms with E-state index in [1.165, 1.54) is 12.7 Å². The first kappa shape index (κ1) is 20.9. The third-order valence-electron chi connectivity index (χ3n) is 4.69. The van der Waals surface area contributed by atoms with Crippen LogP contribution in [0.3, 0.4) is 0 Å². The summed E-state index contributed by atoms with van der Waals surface area (Å²) in [6.07, 6.45) is 2.72. The Hall–Kier alpha value is -2.80. The van der Waals surface area contributed by atoms with E-state index in [1.807, 2.05) is 0 Å². The molecule has 0 amide bonds. The maximum Gasteiger partial charge on any atom is 0.208 e. The topological polar surface area (TPSA) is 72.5 Å². The van der Waals surface area contributed by atoms with Crippen molar-refractivity contribution in [3.05, 3.63) is 65.0 Å². The van der Waals surface area contributed by atoms with Crippen LogP contribution >= 0.6 is 12.6 Å². The van der Waals surface area contributed by atoms with Crippen LogP contribution in [0.5, 0.6) is 11.5 Å². The Labute approximate surface area is 176 Å². The van der Waals surface area contributed by atoms with Crippen molar-refractivity contribution in [2.24, 2.45) is 11.0 Å². The zero-order valence-corrected chi connectivity index (χ0v) is 18.0. The molecule has 0 saturated heterocycles. The summed E-state index contributed by atoms with van der Waals surface area (Å²) in [5.41, 5.74) is 3.24. The number of phenolic OH excluding ortho intramolecular Hbond substituents is 1. The molecule has 152 valence electrons. The van der Waals surface area contributed by atoms with E-state index in [9.17, 15) is 5.11 Å². The minimum Gasteiger partial charge on any atom is -0.504 e. The van der Waals surface area contributed by atoms with Gasteiger partial charge < -0.3 is 9.84 Å². The molecule has 7 heteroatoms. The molecule has 1 heterocycles. The minimum atomic E-state index is 0.00278. The molecule has 29 heavy (non-hydrogen) atoms. The monoisotopic (exact) mass is 410 g/mol. The van der Waals surface area contributed by atoms with Crippen LogP contribution in [0, 0.1) is 5.92 Å². The van der Waals surface area contributed by atoms with Crippen LogP contribution in [0.2, 0.25) is 0 Å². The number of thiol groups is 1. The number of ether oxygens (including phenoxy) is 1. The lowest BCUT2D eigenvalue weighted by Crippen LogP contribution is -2.06. The van der Waals surface area contributed by atoms with Gasteiger partial charge in [-0.25, -0.2) is 0 Å². The van der Waals surface area contributed by atoms with E-state index < -0.39 is 0 Å². The van der Waals surface area contributed by atoms with E-state index in [4.69, 9.17) is 4.74 Å². The summed E-state index contributed by atoms with van der Waals surface area (Å²) in [6, 6.07) is 13.6. The van der Waals surface area contributed by atoms with Crippen molar-refractivity contribution in [3.8, 4) is 11.5 Å². The van der Waals surface area contributed by atoms with Crippen LogP contribution in [-0.4, -0.2) is 33.3 Å². The second-order valence-electron chi connectivity index (χ2n) is 7.41. The van der Waals surface area contributed by atoms with E-state index in [0.29, 0.717) is 22.6 Å². The number of aromatic nitrogens is 3. The molecule has 0 aliphatic rings. The number of rotatable bonds is 7. The molecule has 0 radical (unpaired) electrons. The summed E-state index contributed by atoms with van der Waals surface area (Å²) in [4.78, 5) is 0. The van der Waals surface area contributed by atoms with E-state index in [0.717, 1.165) is 17.5 Å². The van der Waals surface area contributed by atoms with Crippen molar-refractivity contribution in [1.82, 2.24) is 14.9 Å². The van der Waals surface area contributed by atoms with Crippen molar-refractivity contribution >= 4 is 18.8 Å². The van der Waals surface area contributed by atoms with Crippen LogP contribution in [0.15, 0.2) is 52.7 Å². The summed E-state index contributed by atoms with van der Waals surface area (Å²) in [5, 5.41) is 23.0. The van der Waals surface area contributed by atoms with Gasteiger partial charge in [-0.2, -0.15) is 9.78 Å². The average molecular weight is 411 g/mol. The lowest BCUT2D eigenvalue weighted by atomic mass is 9.96. The van der Waals surface area contributed by atoms with Crippen LogP contribution in [0.4, 0.5) is 0 Å². The molecular formula is C22H26N4O2S. The molecule has 0 aliphatic heterocycles. The number of phenols is 1. The second-order valence-corrected chi connectivity index (χ2v) is 7.81. The van der Waals surface area contributed by atoms with Gasteiger partial charge in [-0.1, -0.05) is 45.0 Å². The molecule has 6 nitrogen and oxygen atoms in total. The molecule has 1 unspecified atom stereocenters. The summed E-state index contributed by atoms with van der Waals surface area (Å²) in [5.74, 6) is 1.80. The van der Waals surface area contributed by atoms with Gasteiger partial charge in [0, 0.05) is 5.92 Å². The SMILES string of the molecule is COc1cc(C=Nn2c(S)nnc2C(C)c2ccc(CC(C)C)cc2)ccc1O. The molecule has 1 aromatic heterocycles. The Balaban J connectivity index is 1.85. The molecule has 0 saturated carbocycles. The first-order chi connectivity index (χ1) is 13.9. The summed E-state index contributed by atoms with van der Waals surface area (Å²) in [7, 11) is 1.51. The predicted octanol–water partition coefficient (Wildman–Crippen LogP) is 4.51. The molecular weight excluding hydrogens is 384 g/mol. The Morgan fingerprint density at radius 2 is 1.86 bits per heavy atom. The molecule has 3 rings (SSSR count). The Morgan fingerprint density at radius 3 is 2.52 bits per heavy atom. The second kappa shape index (κ2) is 9.13. The highest BCUT2D eigenvalue weighted by molar-refractivity contribution is 7.80. The number of hydrogen-bond donors (Lipinski definition) is 2. The lowest BCUT2D eigenvalue weighted by molar-refractivity contribution is 0.373. The van der Waals surface area contributed by atoms with Crippen LogP contribution in [0.25, 0.3) is 0 Å². The molecule has 1 N–H and O–H groups in total. The number of benzene rings is 2. The van der Waals surface area contributed by atoms with Crippen LogP contribution in [-0.2, 0) is 6.42 Å². The fraction of sp³-hybridized carbons (Fsp3) is 0.318. The first-order valence-corrected chi connectivity index (χ1v) is 9.98. The standard InChI is InChI=1S/C22H26N4O2S/c1-14(2)11-16-5-8-18(9-6-16)15(3)21-24-25-22(29)26(21)23-13-17-7-10-19(27)20(12-17)28-4/h5-10,12-15,27H,11H2,1-4H3,(H,25,29). The number of aromatic hydroxyl groups is 1. The van der Waals surface area contributed by atoms with Crippen LogP contribution < -0.4 is 4.74 Å². The van der Waals surface area contributed by atoms with Crippen LogP contribution in [0.1, 0.15) is 49.2 Å². The molecule has 0 fully saturated rings. The molecule has 0 aliphatic carbocycles. The van der Waals surface area contributed by atoms with Crippen molar-refractivity contribution in [1.29, 1.82) is 0 Å². The highest BCUT2D eigenvalue weighted by Crippen LogP contribution is 2.27. The number of methoxy groups -OCH3 is 1. The summed E-state index contributed by atoms with van der Waals surface area (Å²) < 4.78 is 6.76. The van der Waals surface area contributed by atoms with Gasteiger partial charge in [0.15, 0.2) is 17.3 Å². The van der Waals surface area contributed by atoms with Crippen molar-refractivity contribution in [2.75, 3.05) is 7.11 Å². The lowest BCUT2D eigenvalue weighted by Gasteiger charge is -2.12. The average Bonchev–Trinajstić information content (AvgIpc) is 3.07. The minimum absolute atomic E-state index is 0.00278. The maximum absolute atomic E-state index is 9.73. The maximum atomic E-state index is 9.73. The van der Waals surface area contributed by atoms with Gasteiger partial charge in [-0.3, -0.25) is 0 Å². The van der Waals surface area contributed by atoms with Gasteiger partial charge in [-0.05, 0) is 47.2 Å². The summed E-state index contributed by atoms with van der Waals surface area (Å²) >= 11 is 4.39. The van der Waals surface area contributed by atoms with Gasteiger partial charge >= 0.3 is 0 Å². The molecule has 2 aromatic carbocycles. The zero-order valence-electron chi connectivity index (χ0n) is 17.1. The van der Waals surface area contributed by atoms with Gasteiger partial charge in [0.2, 0.25) is 5.16 Å². The Morgan fingerprint density at radius 1 is 1.14 bits per heavy atom. The predicted molar refractivity (Wildman–Crippen MR) is 117 cm³/mol. The largest absolute Gasteiger partial charge is 0.504 e. The molecule has 0 bridgehead atoms. The van der Waals surface area contributed by atoms with Crippen molar-refractivity contribution in [3.63, 3.8) is 0 Å². The van der Waals surface area contributed by atoms with E-state index in [-0.39, 0.29) is 11.7 Å². The Kier molecular flexibility index (Phi) is 6.59. The highest BCUT2D eigenvalue weighted by atomic mass is 32.1. The fourth-order valence-corrected chi connectivity index (χ4v) is 3.32. The van der Waals surface area contributed by atoms with Crippen molar-refractivity contribution in [2.45, 2.75) is 38.3 Å². The van der Waals surface area contributed by atoms with Gasteiger partial charge in [0.1, 0.15) is 0 Å².